The van der Waals surface area contributed by atoms with Crippen LogP contribution in [0.5, 0.6) is 5.75 Å². The molecule has 2 aliphatic rings. The van der Waals surface area contributed by atoms with Crippen molar-refractivity contribution in [2.24, 2.45) is 0 Å². The van der Waals surface area contributed by atoms with Crippen LogP contribution in [-0.2, 0) is 9.47 Å². The van der Waals surface area contributed by atoms with Crippen molar-refractivity contribution < 1.29 is 14.2 Å². The van der Waals surface area contributed by atoms with Crippen LogP contribution in [0.4, 0.5) is 5.82 Å². The second-order valence-electron chi connectivity index (χ2n) is 5.59. The summed E-state index contributed by atoms with van der Waals surface area (Å²) in [5.74, 6) is 1.44. The molecule has 0 radical (unpaired) electrons. The van der Waals surface area contributed by atoms with Gasteiger partial charge in [0.25, 0.3) is 0 Å². The maximum absolute atomic E-state index is 5.85. The molecule has 0 unspecified atom stereocenters. The molecule has 1 aromatic heterocycles. The fourth-order valence-electron chi connectivity index (χ4n) is 2.81. The normalized spacial score (nSPS) is 21.6. The van der Waals surface area contributed by atoms with Crippen LogP contribution in [0.3, 0.4) is 0 Å². The highest BCUT2D eigenvalue weighted by Crippen LogP contribution is 2.35. The number of piperidine rings is 1. The Morgan fingerprint density at radius 1 is 1.25 bits per heavy atom. The maximum Gasteiger partial charge on any atom is 0.171 e. The zero-order valence-corrected chi connectivity index (χ0v) is 12.2. The van der Waals surface area contributed by atoms with Gasteiger partial charge < -0.3 is 19.1 Å². The Balaban J connectivity index is 1.71. The van der Waals surface area contributed by atoms with Crippen molar-refractivity contribution in [1.29, 1.82) is 0 Å². The van der Waals surface area contributed by atoms with E-state index in [1.807, 2.05) is 32.2 Å². The van der Waals surface area contributed by atoms with E-state index in [-0.39, 0.29) is 11.9 Å². The van der Waals surface area contributed by atoms with E-state index in [9.17, 15) is 0 Å². The molecule has 2 saturated heterocycles. The third-order valence-electron chi connectivity index (χ3n) is 3.75. The number of anilines is 1. The van der Waals surface area contributed by atoms with Gasteiger partial charge in [-0.15, -0.1) is 0 Å². The van der Waals surface area contributed by atoms with Crippen LogP contribution in [0, 0.1) is 0 Å². The molecule has 0 saturated carbocycles. The van der Waals surface area contributed by atoms with Crippen LogP contribution in [0.1, 0.15) is 26.7 Å². The quantitative estimate of drug-likeness (QED) is 0.848. The smallest absolute Gasteiger partial charge is 0.171 e. The fraction of sp³-hybridized carbons (Fsp3) is 0.667. The molecule has 0 bridgehead atoms. The highest BCUT2D eigenvalue weighted by atomic mass is 16.7. The first-order chi connectivity index (χ1) is 9.69. The largest absolute Gasteiger partial charge is 0.487 e. The van der Waals surface area contributed by atoms with E-state index in [1.165, 1.54) is 0 Å². The lowest BCUT2D eigenvalue weighted by Gasteiger charge is -2.38. The summed E-state index contributed by atoms with van der Waals surface area (Å²) in [5, 5.41) is 0. The van der Waals surface area contributed by atoms with Gasteiger partial charge in [-0.25, -0.2) is 4.98 Å². The van der Waals surface area contributed by atoms with E-state index < -0.39 is 0 Å². The van der Waals surface area contributed by atoms with E-state index >= 15 is 0 Å². The Kier molecular flexibility index (Phi) is 3.81. The molecule has 3 heterocycles. The molecular formula is C15H22N2O3. The van der Waals surface area contributed by atoms with Crippen molar-refractivity contribution in [3.05, 3.63) is 18.3 Å². The predicted octanol–water partition coefficient (Wildman–Crippen LogP) is 2.21. The van der Waals surface area contributed by atoms with Gasteiger partial charge in [-0.3, -0.25) is 0 Å². The van der Waals surface area contributed by atoms with E-state index in [0.29, 0.717) is 13.2 Å². The Morgan fingerprint density at radius 2 is 1.95 bits per heavy atom. The van der Waals surface area contributed by atoms with Gasteiger partial charge in [-0.05, 0) is 26.0 Å². The molecule has 1 spiro atoms. The van der Waals surface area contributed by atoms with Gasteiger partial charge in [0.15, 0.2) is 17.4 Å². The van der Waals surface area contributed by atoms with Gasteiger partial charge >= 0.3 is 0 Å². The highest BCUT2D eigenvalue weighted by molar-refractivity contribution is 5.52. The van der Waals surface area contributed by atoms with E-state index in [1.54, 1.807) is 0 Å². The summed E-state index contributed by atoms with van der Waals surface area (Å²) in [5.41, 5.74) is 0. The van der Waals surface area contributed by atoms with Crippen LogP contribution in [-0.4, -0.2) is 43.2 Å². The molecule has 0 N–H and O–H groups in total. The summed E-state index contributed by atoms with van der Waals surface area (Å²) in [7, 11) is 0. The van der Waals surface area contributed by atoms with Crippen molar-refractivity contribution in [3.8, 4) is 5.75 Å². The minimum absolute atomic E-state index is 0.149. The van der Waals surface area contributed by atoms with Crippen molar-refractivity contribution in [1.82, 2.24) is 4.98 Å². The molecule has 1 aromatic rings. The molecule has 20 heavy (non-hydrogen) atoms. The molecule has 0 aromatic carbocycles. The second-order valence-corrected chi connectivity index (χ2v) is 5.59. The van der Waals surface area contributed by atoms with Gasteiger partial charge in [0, 0.05) is 32.1 Å². The lowest BCUT2D eigenvalue weighted by atomic mass is 10.0. The molecule has 5 nitrogen and oxygen atoms in total. The highest BCUT2D eigenvalue weighted by Gasteiger charge is 2.40. The molecule has 0 aliphatic carbocycles. The number of nitrogens with zero attached hydrogens (tertiary/aromatic N) is 2. The molecule has 0 atom stereocenters. The number of aromatic nitrogens is 1. The third kappa shape index (κ3) is 2.74. The van der Waals surface area contributed by atoms with Crippen molar-refractivity contribution in [2.45, 2.75) is 38.6 Å². The lowest BCUT2D eigenvalue weighted by Crippen LogP contribution is -2.45. The van der Waals surface area contributed by atoms with Crippen LogP contribution in [0.25, 0.3) is 0 Å². The molecule has 110 valence electrons. The van der Waals surface area contributed by atoms with Gasteiger partial charge in [-0.1, -0.05) is 0 Å². The summed E-state index contributed by atoms with van der Waals surface area (Å²) >= 11 is 0. The predicted molar refractivity (Wildman–Crippen MR) is 76.1 cm³/mol. The van der Waals surface area contributed by atoms with Gasteiger partial charge in [0.05, 0.1) is 19.3 Å². The van der Waals surface area contributed by atoms with Crippen molar-refractivity contribution in [2.75, 3.05) is 31.2 Å². The van der Waals surface area contributed by atoms with E-state index in [2.05, 4.69) is 9.88 Å². The average molecular weight is 278 g/mol. The number of ether oxygens (including phenoxy) is 3. The summed E-state index contributed by atoms with van der Waals surface area (Å²) in [6.07, 6.45) is 3.72. The monoisotopic (exact) mass is 278 g/mol. The maximum atomic E-state index is 5.85. The van der Waals surface area contributed by atoms with Gasteiger partial charge in [-0.2, -0.15) is 0 Å². The van der Waals surface area contributed by atoms with Crippen LogP contribution < -0.4 is 9.64 Å². The summed E-state index contributed by atoms with van der Waals surface area (Å²) in [6.45, 7) is 7.25. The fourth-order valence-corrected chi connectivity index (χ4v) is 2.81. The molecule has 5 heteroatoms. The number of hydrogen-bond donors (Lipinski definition) is 0. The first kappa shape index (κ1) is 13.6. The van der Waals surface area contributed by atoms with Gasteiger partial charge in [0.2, 0.25) is 0 Å². The first-order valence-corrected chi connectivity index (χ1v) is 7.33. The standard InChI is InChI=1S/C15H22N2O3/c1-12(2)20-13-4-3-7-16-14(13)17-8-5-15(6-9-17)18-10-11-19-15/h3-4,7,12H,5-6,8-11H2,1-2H3. The van der Waals surface area contributed by atoms with E-state index in [4.69, 9.17) is 14.2 Å². The lowest BCUT2D eigenvalue weighted by molar-refractivity contribution is -0.169. The molecular weight excluding hydrogens is 256 g/mol. The van der Waals surface area contributed by atoms with Crippen LogP contribution in [0.15, 0.2) is 18.3 Å². The number of hydrogen-bond acceptors (Lipinski definition) is 5. The van der Waals surface area contributed by atoms with Crippen LogP contribution in [0.2, 0.25) is 0 Å². The Morgan fingerprint density at radius 3 is 2.60 bits per heavy atom. The Labute approximate surface area is 119 Å². The molecule has 2 aliphatic heterocycles. The summed E-state index contributed by atoms with van der Waals surface area (Å²) < 4.78 is 17.4. The first-order valence-electron chi connectivity index (χ1n) is 7.33. The third-order valence-corrected chi connectivity index (χ3v) is 3.75. The Hall–Kier alpha value is -1.33. The number of pyridine rings is 1. The minimum atomic E-state index is -0.343. The molecule has 3 rings (SSSR count). The van der Waals surface area contributed by atoms with Crippen molar-refractivity contribution in [3.63, 3.8) is 0 Å². The summed E-state index contributed by atoms with van der Waals surface area (Å²) in [6, 6.07) is 3.89. The average Bonchev–Trinajstić information content (AvgIpc) is 2.88. The summed E-state index contributed by atoms with van der Waals surface area (Å²) in [4.78, 5) is 6.75. The second kappa shape index (κ2) is 5.58. The zero-order valence-electron chi connectivity index (χ0n) is 12.2. The molecule has 0 amide bonds. The van der Waals surface area contributed by atoms with Crippen molar-refractivity contribution >= 4 is 5.82 Å². The van der Waals surface area contributed by atoms with Gasteiger partial charge in [0.1, 0.15) is 0 Å². The molecule has 2 fully saturated rings. The van der Waals surface area contributed by atoms with E-state index in [0.717, 1.165) is 37.5 Å². The van der Waals surface area contributed by atoms with Crippen LogP contribution >= 0.6 is 0 Å². The Bertz CT molecular complexity index is 448. The topological polar surface area (TPSA) is 43.8 Å². The minimum Gasteiger partial charge on any atom is -0.487 e. The SMILES string of the molecule is CC(C)Oc1cccnc1N1CCC2(CC1)OCCO2. The zero-order chi connectivity index (χ0) is 14.0. The number of rotatable bonds is 3.